The van der Waals surface area contributed by atoms with Gasteiger partial charge in [0, 0.05) is 12.6 Å². The fraction of sp³-hybridized carbons (Fsp3) is 0.588. The van der Waals surface area contributed by atoms with Crippen LogP contribution >= 0.6 is 0 Å². The van der Waals surface area contributed by atoms with Crippen LogP contribution in [-0.4, -0.2) is 43.7 Å². The Kier molecular flexibility index (Phi) is 7.23. The summed E-state index contributed by atoms with van der Waals surface area (Å²) < 4.78 is 10.5. The van der Waals surface area contributed by atoms with Crippen molar-refractivity contribution in [2.75, 3.05) is 26.8 Å². The SMILES string of the molecule is COC(=O)CN(CCCOc1cc(C)cc(C)c1)C(C)C. The van der Waals surface area contributed by atoms with E-state index < -0.39 is 0 Å². The third kappa shape index (κ3) is 6.63. The fourth-order valence-corrected chi connectivity index (χ4v) is 2.22. The van der Waals surface area contributed by atoms with Crippen LogP contribution in [0.4, 0.5) is 0 Å². The zero-order valence-corrected chi connectivity index (χ0v) is 13.8. The van der Waals surface area contributed by atoms with Crippen LogP contribution in [0.5, 0.6) is 5.75 Å². The molecule has 0 unspecified atom stereocenters. The van der Waals surface area contributed by atoms with Crippen molar-refractivity contribution in [2.45, 2.75) is 40.2 Å². The monoisotopic (exact) mass is 293 g/mol. The quantitative estimate of drug-likeness (QED) is 0.545. The van der Waals surface area contributed by atoms with Crippen LogP contribution in [0.25, 0.3) is 0 Å². The number of methoxy groups -OCH3 is 1. The standard InChI is InChI=1S/C17H27NO3/c1-13(2)18(12-17(19)20-5)7-6-8-21-16-10-14(3)9-15(4)11-16/h9-11,13H,6-8,12H2,1-5H3. The van der Waals surface area contributed by atoms with Gasteiger partial charge in [-0.25, -0.2) is 0 Å². The molecule has 118 valence electrons. The Hall–Kier alpha value is -1.55. The lowest BCUT2D eigenvalue weighted by atomic mass is 10.1. The molecule has 4 heteroatoms. The largest absolute Gasteiger partial charge is 0.494 e. The first kappa shape index (κ1) is 17.5. The van der Waals surface area contributed by atoms with Crippen molar-refractivity contribution in [2.24, 2.45) is 0 Å². The number of carbonyl (C=O) groups excluding carboxylic acids is 1. The summed E-state index contributed by atoms with van der Waals surface area (Å²) in [5.74, 6) is 0.718. The normalized spacial score (nSPS) is 11.0. The molecule has 0 radical (unpaired) electrons. The Morgan fingerprint density at radius 3 is 2.33 bits per heavy atom. The number of hydrogen-bond donors (Lipinski definition) is 0. The fourth-order valence-electron chi connectivity index (χ4n) is 2.22. The van der Waals surface area contributed by atoms with E-state index in [4.69, 9.17) is 9.47 Å². The molecule has 0 amide bonds. The smallest absolute Gasteiger partial charge is 0.319 e. The van der Waals surface area contributed by atoms with Gasteiger partial charge in [0.1, 0.15) is 5.75 Å². The lowest BCUT2D eigenvalue weighted by molar-refractivity contribution is -0.142. The number of rotatable bonds is 8. The van der Waals surface area contributed by atoms with Gasteiger partial charge in [-0.2, -0.15) is 0 Å². The van der Waals surface area contributed by atoms with Crippen molar-refractivity contribution in [1.82, 2.24) is 4.90 Å². The van der Waals surface area contributed by atoms with E-state index in [-0.39, 0.29) is 5.97 Å². The molecule has 0 aliphatic rings. The van der Waals surface area contributed by atoms with Gasteiger partial charge in [-0.1, -0.05) is 6.07 Å². The summed E-state index contributed by atoms with van der Waals surface area (Å²) in [5, 5.41) is 0. The van der Waals surface area contributed by atoms with Gasteiger partial charge in [0.15, 0.2) is 0 Å². The van der Waals surface area contributed by atoms with Gasteiger partial charge >= 0.3 is 5.97 Å². The topological polar surface area (TPSA) is 38.8 Å². The molecule has 0 aromatic heterocycles. The molecule has 1 aromatic carbocycles. The Bertz CT molecular complexity index is 437. The predicted octanol–water partition coefficient (Wildman–Crippen LogP) is 2.96. The number of ether oxygens (including phenoxy) is 2. The van der Waals surface area contributed by atoms with Crippen molar-refractivity contribution < 1.29 is 14.3 Å². The van der Waals surface area contributed by atoms with E-state index in [1.807, 2.05) is 12.1 Å². The first-order valence-electron chi connectivity index (χ1n) is 7.44. The van der Waals surface area contributed by atoms with Gasteiger partial charge in [-0.05, 0) is 57.4 Å². The van der Waals surface area contributed by atoms with Crippen LogP contribution in [0.3, 0.4) is 0 Å². The molecule has 0 bridgehead atoms. The lowest BCUT2D eigenvalue weighted by Gasteiger charge is -2.25. The van der Waals surface area contributed by atoms with E-state index in [9.17, 15) is 4.79 Å². The lowest BCUT2D eigenvalue weighted by Crippen LogP contribution is -2.37. The molecule has 0 N–H and O–H groups in total. The van der Waals surface area contributed by atoms with Crippen molar-refractivity contribution in [3.63, 3.8) is 0 Å². The van der Waals surface area contributed by atoms with Gasteiger partial charge in [0.2, 0.25) is 0 Å². The van der Waals surface area contributed by atoms with Gasteiger partial charge in [0.25, 0.3) is 0 Å². The number of benzene rings is 1. The molecule has 1 rings (SSSR count). The molecule has 21 heavy (non-hydrogen) atoms. The molecule has 1 aromatic rings. The van der Waals surface area contributed by atoms with E-state index in [1.165, 1.54) is 18.2 Å². The Labute approximate surface area is 128 Å². The second kappa shape index (κ2) is 8.67. The summed E-state index contributed by atoms with van der Waals surface area (Å²) >= 11 is 0. The van der Waals surface area contributed by atoms with E-state index in [0.29, 0.717) is 19.2 Å². The molecule has 0 fully saturated rings. The van der Waals surface area contributed by atoms with Crippen LogP contribution in [0.2, 0.25) is 0 Å². The molecule has 0 saturated heterocycles. The van der Waals surface area contributed by atoms with Crippen molar-refractivity contribution in [3.05, 3.63) is 29.3 Å². The maximum atomic E-state index is 11.4. The molecule has 0 spiro atoms. The summed E-state index contributed by atoms with van der Waals surface area (Å²) in [6, 6.07) is 6.53. The highest BCUT2D eigenvalue weighted by molar-refractivity contribution is 5.71. The van der Waals surface area contributed by atoms with Crippen molar-refractivity contribution in [1.29, 1.82) is 0 Å². The molecule has 0 heterocycles. The van der Waals surface area contributed by atoms with E-state index in [0.717, 1.165) is 18.7 Å². The summed E-state index contributed by atoms with van der Waals surface area (Å²) in [6.07, 6.45) is 0.877. The first-order chi connectivity index (χ1) is 9.92. The minimum atomic E-state index is -0.195. The average molecular weight is 293 g/mol. The maximum Gasteiger partial charge on any atom is 0.319 e. The highest BCUT2D eigenvalue weighted by Crippen LogP contribution is 2.16. The van der Waals surface area contributed by atoms with Crippen molar-refractivity contribution in [3.8, 4) is 5.75 Å². The Balaban J connectivity index is 2.38. The zero-order chi connectivity index (χ0) is 15.8. The molecular formula is C17H27NO3. The number of nitrogens with zero attached hydrogens (tertiary/aromatic N) is 1. The second-order valence-electron chi connectivity index (χ2n) is 5.67. The zero-order valence-electron chi connectivity index (χ0n) is 13.8. The summed E-state index contributed by atoms with van der Waals surface area (Å²) in [7, 11) is 1.42. The van der Waals surface area contributed by atoms with Crippen LogP contribution in [0.1, 0.15) is 31.4 Å². The van der Waals surface area contributed by atoms with Crippen LogP contribution in [-0.2, 0) is 9.53 Å². The maximum absolute atomic E-state index is 11.4. The highest BCUT2D eigenvalue weighted by Gasteiger charge is 2.13. The molecule has 0 atom stereocenters. The third-order valence-electron chi connectivity index (χ3n) is 3.34. The summed E-state index contributed by atoms with van der Waals surface area (Å²) in [4.78, 5) is 13.5. The molecule has 0 saturated carbocycles. The third-order valence-corrected chi connectivity index (χ3v) is 3.34. The van der Waals surface area contributed by atoms with Crippen LogP contribution in [0, 0.1) is 13.8 Å². The van der Waals surface area contributed by atoms with E-state index in [1.54, 1.807) is 0 Å². The van der Waals surface area contributed by atoms with Crippen LogP contribution in [0.15, 0.2) is 18.2 Å². The molecular weight excluding hydrogens is 266 g/mol. The van der Waals surface area contributed by atoms with Gasteiger partial charge < -0.3 is 9.47 Å². The van der Waals surface area contributed by atoms with Gasteiger partial charge in [-0.15, -0.1) is 0 Å². The molecule has 0 aliphatic carbocycles. The first-order valence-corrected chi connectivity index (χ1v) is 7.44. The van der Waals surface area contributed by atoms with Gasteiger partial charge in [-0.3, -0.25) is 9.69 Å². The number of esters is 1. The van der Waals surface area contributed by atoms with Crippen molar-refractivity contribution >= 4 is 5.97 Å². The summed E-state index contributed by atoms with van der Waals surface area (Å²) in [6.45, 7) is 10.1. The minimum absolute atomic E-state index is 0.195. The summed E-state index contributed by atoms with van der Waals surface area (Å²) in [5.41, 5.74) is 2.42. The second-order valence-corrected chi connectivity index (χ2v) is 5.67. The Morgan fingerprint density at radius 1 is 1.19 bits per heavy atom. The van der Waals surface area contributed by atoms with Crippen LogP contribution < -0.4 is 4.74 Å². The number of hydrogen-bond acceptors (Lipinski definition) is 4. The average Bonchev–Trinajstić information content (AvgIpc) is 2.40. The van der Waals surface area contributed by atoms with E-state index in [2.05, 4.69) is 38.7 Å². The minimum Gasteiger partial charge on any atom is -0.494 e. The predicted molar refractivity (Wildman–Crippen MR) is 84.8 cm³/mol. The number of carbonyl (C=O) groups is 1. The van der Waals surface area contributed by atoms with Gasteiger partial charge in [0.05, 0.1) is 20.3 Å². The Morgan fingerprint density at radius 2 is 1.81 bits per heavy atom. The van der Waals surface area contributed by atoms with E-state index >= 15 is 0 Å². The number of aryl methyl sites for hydroxylation is 2. The highest BCUT2D eigenvalue weighted by atomic mass is 16.5. The molecule has 0 aliphatic heterocycles. The molecule has 4 nitrogen and oxygen atoms in total.